The number of carbonyl (C=O) groups is 1. The monoisotopic (exact) mass is 371 g/mol. The van der Waals surface area contributed by atoms with Gasteiger partial charge >= 0.3 is 0 Å². The van der Waals surface area contributed by atoms with Gasteiger partial charge in [0.15, 0.2) is 5.60 Å². The van der Waals surface area contributed by atoms with E-state index in [-0.39, 0.29) is 18.3 Å². The maximum Gasteiger partial charge on any atom is 0.230 e. The van der Waals surface area contributed by atoms with E-state index in [1.165, 1.54) is 29.7 Å². The molecule has 1 atom stereocenters. The number of carbonyl (C=O) groups excluding carboxylic acids is 1. The summed E-state index contributed by atoms with van der Waals surface area (Å²) in [5, 5.41) is 16.0. The molecule has 1 aliphatic rings. The van der Waals surface area contributed by atoms with Crippen LogP contribution in [0.2, 0.25) is 0 Å². The number of nitrogens with one attached hydrogen (secondary N) is 1. The second-order valence-corrected chi connectivity index (χ2v) is 7.53. The van der Waals surface area contributed by atoms with Gasteiger partial charge in [-0.25, -0.2) is 4.39 Å². The molecular weight excluding hydrogens is 353 g/mol. The molecule has 1 aromatic carbocycles. The lowest BCUT2D eigenvalue weighted by molar-refractivity contribution is -0.124. The van der Waals surface area contributed by atoms with Crippen LogP contribution in [0.25, 0.3) is 0 Å². The van der Waals surface area contributed by atoms with Crippen LogP contribution in [-0.2, 0) is 15.8 Å². The third-order valence-corrected chi connectivity index (χ3v) is 5.96. The van der Waals surface area contributed by atoms with Gasteiger partial charge in [-0.05, 0) is 54.1 Å². The second kappa shape index (κ2) is 6.37. The molecule has 2 N–H and O–H groups in total. The zero-order valence-electron chi connectivity index (χ0n) is 13.9. The van der Waals surface area contributed by atoms with Crippen molar-refractivity contribution in [3.63, 3.8) is 0 Å². The van der Waals surface area contributed by atoms with E-state index in [1.54, 1.807) is 24.3 Å². The molecule has 1 fully saturated rings. The highest BCUT2D eigenvalue weighted by atomic mass is 32.1. The van der Waals surface area contributed by atoms with E-state index in [1.807, 2.05) is 17.5 Å². The molecule has 0 bridgehead atoms. The number of halogens is 1. The van der Waals surface area contributed by atoms with Crippen molar-refractivity contribution in [3.05, 3.63) is 82.2 Å². The number of benzene rings is 1. The molecule has 2 aromatic heterocycles. The Morgan fingerprint density at radius 2 is 2.00 bits per heavy atom. The standard InChI is InChI=1S/C20H18FNO3S/c21-15-7-5-14(6-8-15)19(9-10-19)18(23)22-13-20(24,16-3-1-11-25-16)17-4-2-12-26-17/h1-8,11-12,24H,9-10,13H2,(H,22,23)/t20-/m0/s1. The molecule has 1 aliphatic carbocycles. The van der Waals surface area contributed by atoms with Gasteiger partial charge in [-0.15, -0.1) is 11.3 Å². The summed E-state index contributed by atoms with van der Waals surface area (Å²) in [5.74, 6) is -0.104. The third-order valence-electron chi connectivity index (χ3n) is 4.94. The van der Waals surface area contributed by atoms with Crippen molar-refractivity contribution in [2.45, 2.75) is 23.9 Å². The molecule has 4 nitrogen and oxygen atoms in total. The van der Waals surface area contributed by atoms with Gasteiger partial charge in [0.05, 0.1) is 18.2 Å². The van der Waals surface area contributed by atoms with Crippen LogP contribution in [0, 0.1) is 5.82 Å². The Morgan fingerprint density at radius 3 is 2.58 bits per heavy atom. The molecule has 3 aromatic rings. The number of hydrogen-bond acceptors (Lipinski definition) is 4. The lowest BCUT2D eigenvalue weighted by atomic mass is 9.93. The molecule has 0 spiro atoms. The molecule has 0 saturated heterocycles. The van der Waals surface area contributed by atoms with Gasteiger partial charge in [0, 0.05) is 4.88 Å². The van der Waals surface area contributed by atoms with Crippen molar-refractivity contribution in [1.82, 2.24) is 5.32 Å². The Hall–Kier alpha value is -2.44. The smallest absolute Gasteiger partial charge is 0.230 e. The lowest BCUT2D eigenvalue weighted by Crippen LogP contribution is -2.44. The van der Waals surface area contributed by atoms with Crippen LogP contribution in [0.3, 0.4) is 0 Å². The summed E-state index contributed by atoms with van der Waals surface area (Å²) < 4.78 is 18.6. The van der Waals surface area contributed by atoms with Crippen LogP contribution < -0.4 is 5.32 Å². The third kappa shape index (κ3) is 2.85. The zero-order chi connectivity index (χ0) is 18.2. The Kier molecular flexibility index (Phi) is 4.17. The molecule has 6 heteroatoms. The number of aliphatic hydroxyl groups is 1. The normalized spacial score (nSPS) is 17.5. The average Bonchev–Trinajstić information content (AvgIpc) is 3.08. The van der Waals surface area contributed by atoms with Gasteiger partial charge in [-0.1, -0.05) is 18.2 Å². The highest BCUT2D eigenvalue weighted by Crippen LogP contribution is 2.48. The second-order valence-electron chi connectivity index (χ2n) is 6.59. The summed E-state index contributed by atoms with van der Waals surface area (Å²) in [6, 6.07) is 13.1. The maximum absolute atomic E-state index is 13.2. The van der Waals surface area contributed by atoms with Crippen molar-refractivity contribution < 1.29 is 18.7 Å². The van der Waals surface area contributed by atoms with Gasteiger partial charge < -0.3 is 14.8 Å². The largest absolute Gasteiger partial charge is 0.466 e. The van der Waals surface area contributed by atoms with E-state index in [4.69, 9.17) is 4.42 Å². The van der Waals surface area contributed by atoms with Crippen molar-refractivity contribution in [1.29, 1.82) is 0 Å². The average molecular weight is 371 g/mol. The van der Waals surface area contributed by atoms with Crippen LogP contribution in [0.4, 0.5) is 4.39 Å². The zero-order valence-corrected chi connectivity index (χ0v) is 14.8. The molecule has 134 valence electrons. The van der Waals surface area contributed by atoms with E-state index in [9.17, 15) is 14.3 Å². The van der Waals surface area contributed by atoms with E-state index in [2.05, 4.69) is 5.32 Å². The number of amides is 1. The van der Waals surface area contributed by atoms with E-state index in [0.717, 1.165) is 5.56 Å². The first-order chi connectivity index (χ1) is 12.5. The summed E-state index contributed by atoms with van der Waals surface area (Å²) in [6.07, 6.45) is 2.92. The predicted octanol–water partition coefficient (Wildman–Crippen LogP) is 3.56. The van der Waals surface area contributed by atoms with Gasteiger partial charge in [-0.3, -0.25) is 4.79 Å². The van der Waals surface area contributed by atoms with Gasteiger partial charge in [-0.2, -0.15) is 0 Å². The topological polar surface area (TPSA) is 62.5 Å². The molecule has 26 heavy (non-hydrogen) atoms. The van der Waals surface area contributed by atoms with Crippen molar-refractivity contribution in [3.8, 4) is 0 Å². The fourth-order valence-electron chi connectivity index (χ4n) is 3.24. The van der Waals surface area contributed by atoms with Crippen molar-refractivity contribution in [2.75, 3.05) is 6.54 Å². The lowest BCUT2D eigenvalue weighted by Gasteiger charge is -2.26. The minimum atomic E-state index is -1.42. The summed E-state index contributed by atoms with van der Waals surface area (Å²) in [4.78, 5) is 13.5. The van der Waals surface area contributed by atoms with Gasteiger partial charge in [0.2, 0.25) is 5.91 Å². The van der Waals surface area contributed by atoms with E-state index in [0.29, 0.717) is 23.5 Å². The number of thiophene rings is 1. The highest BCUT2D eigenvalue weighted by molar-refractivity contribution is 7.10. The first-order valence-corrected chi connectivity index (χ1v) is 9.27. The fraction of sp³-hybridized carbons (Fsp3) is 0.250. The fourth-order valence-corrected chi connectivity index (χ4v) is 4.07. The molecule has 0 unspecified atom stereocenters. The highest BCUT2D eigenvalue weighted by Gasteiger charge is 2.51. The SMILES string of the molecule is O=C(NC[C@](O)(c1ccco1)c1cccs1)C1(c2ccc(F)cc2)CC1. The number of furan rings is 1. The van der Waals surface area contributed by atoms with Crippen LogP contribution in [0.1, 0.15) is 29.0 Å². The minimum Gasteiger partial charge on any atom is -0.466 e. The van der Waals surface area contributed by atoms with Crippen LogP contribution in [-0.4, -0.2) is 17.6 Å². The van der Waals surface area contributed by atoms with E-state index >= 15 is 0 Å². The van der Waals surface area contributed by atoms with Crippen LogP contribution in [0.15, 0.2) is 64.6 Å². The molecule has 4 rings (SSSR count). The first kappa shape index (κ1) is 17.0. The Balaban J connectivity index is 1.55. The Morgan fingerprint density at radius 1 is 1.23 bits per heavy atom. The molecule has 0 radical (unpaired) electrons. The summed E-state index contributed by atoms with van der Waals surface area (Å²) in [6.45, 7) is 0.00278. The van der Waals surface area contributed by atoms with Crippen LogP contribution >= 0.6 is 11.3 Å². The summed E-state index contributed by atoms with van der Waals surface area (Å²) in [5.41, 5.74) is -1.26. The molecular formula is C20H18FNO3S. The van der Waals surface area contributed by atoms with Crippen molar-refractivity contribution in [2.24, 2.45) is 0 Å². The number of hydrogen-bond donors (Lipinski definition) is 2. The Bertz CT molecular complexity index is 850. The molecule has 1 amide bonds. The van der Waals surface area contributed by atoms with Crippen molar-refractivity contribution >= 4 is 17.2 Å². The first-order valence-electron chi connectivity index (χ1n) is 8.39. The summed E-state index contributed by atoms with van der Waals surface area (Å²) in [7, 11) is 0. The Labute approximate surface area is 154 Å². The van der Waals surface area contributed by atoms with E-state index < -0.39 is 11.0 Å². The minimum absolute atomic E-state index is 0.00278. The molecule has 2 heterocycles. The number of rotatable bonds is 6. The van der Waals surface area contributed by atoms with Gasteiger partial charge in [0.25, 0.3) is 0 Å². The summed E-state index contributed by atoms with van der Waals surface area (Å²) >= 11 is 1.40. The molecule has 0 aliphatic heterocycles. The predicted molar refractivity (Wildman–Crippen MR) is 96.3 cm³/mol. The molecule has 1 saturated carbocycles. The maximum atomic E-state index is 13.2. The quantitative estimate of drug-likeness (QED) is 0.696. The van der Waals surface area contributed by atoms with Crippen LogP contribution in [0.5, 0.6) is 0 Å². The van der Waals surface area contributed by atoms with Gasteiger partial charge in [0.1, 0.15) is 11.6 Å².